The average Bonchev–Trinajstić information content (AvgIpc) is 3.23. The highest BCUT2D eigenvalue weighted by atomic mass is 16.5. The second-order valence-corrected chi connectivity index (χ2v) is 5.65. The molecule has 0 N–H and O–H groups in total. The molecule has 1 aliphatic rings. The van der Waals surface area contributed by atoms with Crippen LogP contribution in [-0.2, 0) is 6.61 Å². The standard InChI is InChI=1S/C19H20O/c1-14-11-19(14)15(2)17-9-6-10-18(12-17)20-13-16-7-4-3-5-8-16/h3-10,12,14,19H,2,11,13H2,1H3/t14-,19-/m1/s1. The fourth-order valence-electron chi connectivity index (χ4n) is 2.55. The van der Waals surface area contributed by atoms with Crippen LogP contribution in [0.25, 0.3) is 5.57 Å². The molecule has 1 saturated carbocycles. The third kappa shape index (κ3) is 2.93. The zero-order valence-electron chi connectivity index (χ0n) is 11.9. The van der Waals surface area contributed by atoms with Crippen molar-refractivity contribution >= 4 is 5.57 Å². The van der Waals surface area contributed by atoms with E-state index in [9.17, 15) is 0 Å². The summed E-state index contributed by atoms with van der Waals surface area (Å²) < 4.78 is 5.87. The normalized spacial score (nSPS) is 20.4. The Balaban J connectivity index is 1.67. The van der Waals surface area contributed by atoms with E-state index in [2.05, 4.69) is 37.8 Å². The summed E-state index contributed by atoms with van der Waals surface area (Å²) >= 11 is 0. The Hall–Kier alpha value is -2.02. The number of hydrogen-bond donors (Lipinski definition) is 0. The van der Waals surface area contributed by atoms with Gasteiger partial charge in [-0.3, -0.25) is 0 Å². The van der Waals surface area contributed by atoms with Gasteiger partial charge in [-0.2, -0.15) is 0 Å². The highest BCUT2D eigenvalue weighted by Crippen LogP contribution is 2.47. The highest BCUT2D eigenvalue weighted by molar-refractivity contribution is 5.68. The summed E-state index contributed by atoms with van der Waals surface area (Å²) in [6.07, 6.45) is 1.27. The van der Waals surface area contributed by atoms with Crippen LogP contribution < -0.4 is 4.74 Å². The third-order valence-electron chi connectivity index (χ3n) is 4.01. The maximum absolute atomic E-state index is 5.87. The topological polar surface area (TPSA) is 9.23 Å². The summed E-state index contributed by atoms with van der Waals surface area (Å²) in [7, 11) is 0. The molecule has 3 rings (SSSR count). The molecule has 20 heavy (non-hydrogen) atoms. The van der Waals surface area contributed by atoms with Crippen molar-refractivity contribution in [3.8, 4) is 5.75 Å². The predicted octanol–water partition coefficient (Wildman–Crippen LogP) is 4.93. The molecule has 2 atom stereocenters. The predicted molar refractivity (Wildman–Crippen MR) is 83.5 cm³/mol. The van der Waals surface area contributed by atoms with Gasteiger partial charge in [0.2, 0.25) is 0 Å². The van der Waals surface area contributed by atoms with E-state index in [4.69, 9.17) is 4.74 Å². The van der Waals surface area contributed by atoms with Crippen molar-refractivity contribution in [3.63, 3.8) is 0 Å². The molecule has 0 aromatic heterocycles. The molecule has 2 aromatic carbocycles. The maximum atomic E-state index is 5.87. The Labute approximate surface area is 120 Å². The van der Waals surface area contributed by atoms with Gasteiger partial charge >= 0.3 is 0 Å². The van der Waals surface area contributed by atoms with E-state index in [0.717, 1.165) is 11.7 Å². The van der Waals surface area contributed by atoms with Gasteiger partial charge in [0.25, 0.3) is 0 Å². The second-order valence-electron chi connectivity index (χ2n) is 5.65. The van der Waals surface area contributed by atoms with E-state index in [1.54, 1.807) is 0 Å². The molecule has 0 saturated heterocycles. The molecule has 0 radical (unpaired) electrons. The van der Waals surface area contributed by atoms with Crippen molar-refractivity contribution in [2.24, 2.45) is 11.8 Å². The van der Waals surface area contributed by atoms with Gasteiger partial charge < -0.3 is 4.74 Å². The lowest BCUT2D eigenvalue weighted by molar-refractivity contribution is 0.306. The van der Waals surface area contributed by atoms with Gasteiger partial charge in [0.1, 0.15) is 12.4 Å². The first-order valence-corrected chi connectivity index (χ1v) is 7.20. The summed E-state index contributed by atoms with van der Waals surface area (Å²) in [6, 6.07) is 18.5. The summed E-state index contributed by atoms with van der Waals surface area (Å²) in [5, 5.41) is 0. The summed E-state index contributed by atoms with van der Waals surface area (Å²) in [4.78, 5) is 0. The summed E-state index contributed by atoms with van der Waals surface area (Å²) in [5.74, 6) is 2.37. The first-order chi connectivity index (χ1) is 9.74. The van der Waals surface area contributed by atoms with Crippen LogP contribution in [0.5, 0.6) is 5.75 Å². The lowest BCUT2D eigenvalue weighted by Gasteiger charge is -2.09. The first-order valence-electron chi connectivity index (χ1n) is 7.20. The SMILES string of the molecule is C=C(c1cccc(OCc2ccccc2)c1)[C@@H]1C[C@H]1C. The minimum absolute atomic E-state index is 0.608. The van der Waals surface area contributed by atoms with Crippen LogP contribution in [0, 0.1) is 11.8 Å². The monoisotopic (exact) mass is 264 g/mol. The van der Waals surface area contributed by atoms with Crippen molar-refractivity contribution in [1.29, 1.82) is 0 Å². The zero-order chi connectivity index (χ0) is 13.9. The van der Waals surface area contributed by atoms with Crippen molar-refractivity contribution < 1.29 is 4.74 Å². The number of benzene rings is 2. The first kappa shape index (κ1) is 13.0. The van der Waals surface area contributed by atoms with Crippen LogP contribution in [0.2, 0.25) is 0 Å². The van der Waals surface area contributed by atoms with Gasteiger partial charge in [0.15, 0.2) is 0 Å². The molecule has 0 unspecified atom stereocenters. The van der Waals surface area contributed by atoms with Crippen LogP contribution in [0.15, 0.2) is 61.2 Å². The Morgan fingerprint density at radius 1 is 1.15 bits per heavy atom. The number of hydrogen-bond acceptors (Lipinski definition) is 1. The molecule has 102 valence electrons. The molecule has 0 amide bonds. The Morgan fingerprint density at radius 3 is 2.60 bits per heavy atom. The molecule has 1 nitrogen and oxygen atoms in total. The van der Waals surface area contributed by atoms with E-state index in [1.165, 1.54) is 23.1 Å². The van der Waals surface area contributed by atoms with Gasteiger partial charge in [-0.05, 0) is 47.1 Å². The van der Waals surface area contributed by atoms with Crippen LogP contribution in [-0.4, -0.2) is 0 Å². The lowest BCUT2D eigenvalue weighted by atomic mass is 10.0. The van der Waals surface area contributed by atoms with Crippen LogP contribution in [0.3, 0.4) is 0 Å². The van der Waals surface area contributed by atoms with E-state index in [1.807, 2.05) is 30.3 Å². The fraction of sp³-hybridized carbons (Fsp3) is 0.263. The Bertz CT molecular complexity index is 600. The van der Waals surface area contributed by atoms with Crippen molar-refractivity contribution in [3.05, 3.63) is 72.3 Å². The second kappa shape index (κ2) is 5.54. The number of ether oxygens (including phenoxy) is 1. The lowest BCUT2D eigenvalue weighted by Crippen LogP contribution is -1.96. The van der Waals surface area contributed by atoms with Crippen molar-refractivity contribution in [1.82, 2.24) is 0 Å². The number of rotatable bonds is 5. The van der Waals surface area contributed by atoms with Gasteiger partial charge in [-0.25, -0.2) is 0 Å². The molecular weight excluding hydrogens is 244 g/mol. The zero-order valence-corrected chi connectivity index (χ0v) is 11.9. The van der Waals surface area contributed by atoms with Gasteiger partial charge in [-0.15, -0.1) is 0 Å². The molecule has 1 heteroatoms. The van der Waals surface area contributed by atoms with Crippen LogP contribution >= 0.6 is 0 Å². The average molecular weight is 264 g/mol. The molecule has 0 spiro atoms. The number of allylic oxidation sites excluding steroid dienone is 1. The molecule has 0 bridgehead atoms. The fourth-order valence-corrected chi connectivity index (χ4v) is 2.55. The molecule has 0 heterocycles. The van der Waals surface area contributed by atoms with Gasteiger partial charge in [0.05, 0.1) is 0 Å². The quantitative estimate of drug-likeness (QED) is 0.743. The van der Waals surface area contributed by atoms with Crippen LogP contribution in [0.1, 0.15) is 24.5 Å². The summed E-state index contributed by atoms with van der Waals surface area (Å²) in [6.45, 7) is 7.13. The Kier molecular flexibility index (Phi) is 3.60. The highest BCUT2D eigenvalue weighted by Gasteiger charge is 2.35. The van der Waals surface area contributed by atoms with Crippen LogP contribution in [0.4, 0.5) is 0 Å². The van der Waals surface area contributed by atoms with E-state index >= 15 is 0 Å². The molecule has 1 aliphatic carbocycles. The molecule has 1 fully saturated rings. The smallest absolute Gasteiger partial charge is 0.120 e. The molecular formula is C19H20O. The maximum Gasteiger partial charge on any atom is 0.120 e. The van der Waals surface area contributed by atoms with Gasteiger partial charge in [0, 0.05) is 0 Å². The molecule has 2 aromatic rings. The van der Waals surface area contributed by atoms with E-state index in [-0.39, 0.29) is 0 Å². The minimum Gasteiger partial charge on any atom is -0.489 e. The third-order valence-corrected chi connectivity index (χ3v) is 4.01. The summed E-state index contributed by atoms with van der Waals surface area (Å²) in [5.41, 5.74) is 3.65. The van der Waals surface area contributed by atoms with E-state index in [0.29, 0.717) is 12.5 Å². The van der Waals surface area contributed by atoms with E-state index < -0.39 is 0 Å². The Morgan fingerprint density at radius 2 is 1.90 bits per heavy atom. The van der Waals surface area contributed by atoms with Gasteiger partial charge in [-0.1, -0.05) is 56.0 Å². The largest absolute Gasteiger partial charge is 0.489 e. The van der Waals surface area contributed by atoms with Crippen molar-refractivity contribution in [2.45, 2.75) is 20.0 Å². The van der Waals surface area contributed by atoms with Crippen molar-refractivity contribution in [2.75, 3.05) is 0 Å². The molecule has 0 aliphatic heterocycles. The minimum atomic E-state index is 0.608.